The molecule has 94 valence electrons. The molecule has 0 spiro atoms. The second-order valence-corrected chi connectivity index (χ2v) is 5.36. The normalized spacial score (nSPS) is 19.2. The number of rotatable bonds is 3. The minimum absolute atomic E-state index is 0.191. The van der Waals surface area contributed by atoms with Gasteiger partial charge in [-0.25, -0.2) is 4.79 Å². The van der Waals surface area contributed by atoms with Gasteiger partial charge < -0.3 is 14.4 Å². The quantitative estimate of drug-likeness (QED) is 0.934. The summed E-state index contributed by atoms with van der Waals surface area (Å²) < 4.78 is 8.00. The van der Waals surface area contributed by atoms with Crippen molar-refractivity contribution in [1.82, 2.24) is 4.57 Å². The van der Waals surface area contributed by atoms with E-state index in [0.717, 1.165) is 30.5 Å². The van der Waals surface area contributed by atoms with E-state index >= 15 is 0 Å². The number of nitrogens with zero attached hydrogens (tertiary/aromatic N) is 1. The van der Waals surface area contributed by atoms with Gasteiger partial charge in [-0.1, -0.05) is 0 Å². The summed E-state index contributed by atoms with van der Waals surface area (Å²) in [5.74, 6) is -0.393. The second-order valence-electron chi connectivity index (χ2n) is 4.45. The lowest BCUT2D eigenvalue weighted by atomic mass is 9.92. The van der Waals surface area contributed by atoms with Crippen LogP contribution in [-0.4, -0.2) is 28.9 Å². The van der Waals surface area contributed by atoms with Crippen LogP contribution in [0, 0.1) is 5.92 Å². The van der Waals surface area contributed by atoms with E-state index in [4.69, 9.17) is 9.84 Å². The van der Waals surface area contributed by atoms with Gasteiger partial charge in [-0.05, 0) is 47.7 Å². The minimum atomic E-state index is -0.880. The number of hydrogen-bond donors (Lipinski definition) is 1. The largest absolute Gasteiger partial charge is 0.477 e. The molecule has 2 heterocycles. The monoisotopic (exact) mass is 301 g/mol. The Morgan fingerprint density at radius 3 is 2.82 bits per heavy atom. The van der Waals surface area contributed by atoms with Crippen LogP contribution >= 0.6 is 15.9 Å². The van der Waals surface area contributed by atoms with Crippen molar-refractivity contribution in [2.45, 2.75) is 25.8 Å². The predicted molar refractivity (Wildman–Crippen MR) is 67.3 cm³/mol. The molecular weight excluding hydrogens is 286 g/mol. The van der Waals surface area contributed by atoms with Gasteiger partial charge >= 0.3 is 5.97 Å². The SMILES string of the molecule is CC(C1CCOCC1)n1cc(Br)cc1C(=O)O. The van der Waals surface area contributed by atoms with E-state index in [1.165, 1.54) is 0 Å². The lowest BCUT2D eigenvalue weighted by molar-refractivity contribution is 0.0497. The number of ether oxygens (including phenoxy) is 1. The van der Waals surface area contributed by atoms with Crippen LogP contribution in [0.2, 0.25) is 0 Å². The first-order chi connectivity index (χ1) is 8.09. The van der Waals surface area contributed by atoms with Gasteiger partial charge in [-0.15, -0.1) is 0 Å². The van der Waals surface area contributed by atoms with Crippen molar-refractivity contribution in [2.24, 2.45) is 5.92 Å². The van der Waals surface area contributed by atoms with Crippen LogP contribution in [-0.2, 0) is 4.74 Å². The molecule has 4 nitrogen and oxygen atoms in total. The number of aromatic carboxylic acids is 1. The summed E-state index contributed by atoms with van der Waals surface area (Å²) in [5, 5.41) is 9.16. The van der Waals surface area contributed by atoms with Crippen molar-refractivity contribution in [1.29, 1.82) is 0 Å². The fraction of sp³-hybridized carbons (Fsp3) is 0.583. The van der Waals surface area contributed by atoms with Crippen LogP contribution in [0.25, 0.3) is 0 Å². The van der Waals surface area contributed by atoms with Gasteiger partial charge in [0.05, 0.1) is 0 Å². The van der Waals surface area contributed by atoms with Crippen LogP contribution in [0.3, 0.4) is 0 Å². The van der Waals surface area contributed by atoms with Gasteiger partial charge in [0.1, 0.15) is 5.69 Å². The van der Waals surface area contributed by atoms with E-state index in [1.807, 2.05) is 10.8 Å². The van der Waals surface area contributed by atoms with E-state index in [2.05, 4.69) is 22.9 Å². The number of carboxylic acids is 1. The van der Waals surface area contributed by atoms with Crippen molar-refractivity contribution in [3.8, 4) is 0 Å². The summed E-state index contributed by atoms with van der Waals surface area (Å²) in [7, 11) is 0. The minimum Gasteiger partial charge on any atom is -0.477 e. The fourth-order valence-corrected chi connectivity index (χ4v) is 2.82. The first kappa shape index (κ1) is 12.6. The molecule has 0 aliphatic carbocycles. The molecule has 0 amide bonds. The van der Waals surface area contributed by atoms with Crippen molar-refractivity contribution < 1.29 is 14.6 Å². The second kappa shape index (κ2) is 5.23. The van der Waals surface area contributed by atoms with E-state index in [0.29, 0.717) is 11.6 Å². The zero-order valence-electron chi connectivity index (χ0n) is 9.73. The average molecular weight is 302 g/mol. The first-order valence-corrected chi connectivity index (χ1v) is 6.57. The molecule has 1 aromatic heterocycles. The van der Waals surface area contributed by atoms with E-state index in [-0.39, 0.29) is 6.04 Å². The Bertz CT molecular complexity index is 410. The summed E-state index contributed by atoms with van der Waals surface area (Å²) >= 11 is 3.33. The number of aromatic nitrogens is 1. The lowest BCUT2D eigenvalue weighted by Gasteiger charge is -2.29. The Morgan fingerprint density at radius 2 is 2.24 bits per heavy atom. The number of halogens is 1. The molecule has 1 fully saturated rings. The Morgan fingerprint density at radius 1 is 1.59 bits per heavy atom. The third-order valence-corrected chi connectivity index (χ3v) is 3.85. The summed E-state index contributed by atoms with van der Waals surface area (Å²) in [4.78, 5) is 11.2. The summed E-state index contributed by atoms with van der Waals surface area (Å²) in [6, 6.07) is 1.84. The molecule has 1 aliphatic rings. The molecule has 1 aliphatic heterocycles. The molecule has 1 unspecified atom stereocenters. The van der Waals surface area contributed by atoms with Gasteiger partial charge in [0.15, 0.2) is 0 Å². The zero-order chi connectivity index (χ0) is 12.4. The fourth-order valence-electron chi connectivity index (χ4n) is 2.38. The topological polar surface area (TPSA) is 51.5 Å². The van der Waals surface area contributed by atoms with E-state index in [9.17, 15) is 4.79 Å². The van der Waals surface area contributed by atoms with Crippen molar-refractivity contribution >= 4 is 21.9 Å². The van der Waals surface area contributed by atoms with Crippen LogP contribution < -0.4 is 0 Å². The summed E-state index contributed by atoms with van der Waals surface area (Å²) in [6.07, 6.45) is 3.84. The molecular formula is C12H16BrNO3. The molecule has 0 radical (unpaired) electrons. The molecule has 2 rings (SSSR count). The Balaban J connectivity index is 2.22. The maximum atomic E-state index is 11.2. The van der Waals surface area contributed by atoms with Crippen molar-refractivity contribution in [3.05, 3.63) is 22.4 Å². The third kappa shape index (κ3) is 2.72. The highest BCUT2D eigenvalue weighted by molar-refractivity contribution is 9.10. The zero-order valence-corrected chi connectivity index (χ0v) is 11.3. The summed E-state index contributed by atoms with van der Waals surface area (Å²) in [5.41, 5.74) is 0.343. The number of carboxylic acid groups (broad SMARTS) is 1. The van der Waals surface area contributed by atoms with Crippen molar-refractivity contribution in [3.63, 3.8) is 0 Å². The van der Waals surface area contributed by atoms with Crippen LogP contribution in [0.4, 0.5) is 0 Å². The highest BCUT2D eigenvalue weighted by atomic mass is 79.9. The number of hydrogen-bond acceptors (Lipinski definition) is 2. The molecule has 0 saturated carbocycles. The molecule has 5 heteroatoms. The van der Waals surface area contributed by atoms with Crippen LogP contribution in [0.1, 0.15) is 36.3 Å². The van der Waals surface area contributed by atoms with E-state index < -0.39 is 5.97 Å². The molecule has 1 saturated heterocycles. The maximum Gasteiger partial charge on any atom is 0.352 e. The smallest absolute Gasteiger partial charge is 0.352 e. The Labute approximate surface area is 109 Å². The van der Waals surface area contributed by atoms with Crippen LogP contribution in [0.15, 0.2) is 16.7 Å². The highest BCUT2D eigenvalue weighted by Crippen LogP contribution is 2.30. The molecule has 1 N–H and O–H groups in total. The molecule has 0 bridgehead atoms. The van der Waals surface area contributed by atoms with Gasteiger partial charge in [0.2, 0.25) is 0 Å². The number of carbonyl (C=O) groups is 1. The summed E-state index contributed by atoms with van der Waals surface area (Å²) in [6.45, 7) is 3.63. The van der Waals surface area contributed by atoms with E-state index in [1.54, 1.807) is 6.07 Å². The maximum absolute atomic E-state index is 11.2. The lowest BCUT2D eigenvalue weighted by Crippen LogP contribution is -2.25. The standard InChI is InChI=1S/C12H16BrNO3/c1-8(9-2-4-17-5-3-9)14-7-10(13)6-11(14)12(15)16/h6-9H,2-5H2,1H3,(H,15,16). The van der Waals surface area contributed by atoms with Gasteiger partial charge in [0, 0.05) is 29.9 Å². The third-order valence-electron chi connectivity index (χ3n) is 3.42. The van der Waals surface area contributed by atoms with Gasteiger partial charge in [-0.3, -0.25) is 0 Å². The van der Waals surface area contributed by atoms with Gasteiger partial charge in [-0.2, -0.15) is 0 Å². The molecule has 17 heavy (non-hydrogen) atoms. The van der Waals surface area contributed by atoms with Crippen LogP contribution in [0.5, 0.6) is 0 Å². The molecule has 1 atom stereocenters. The van der Waals surface area contributed by atoms with Crippen molar-refractivity contribution in [2.75, 3.05) is 13.2 Å². The first-order valence-electron chi connectivity index (χ1n) is 5.78. The molecule has 0 aromatic carbocycles. The van der Waals surface area contributed by atoms with Gasteiger partial charge in [0.25, 0.3) is 0 Å². The molecule has 1 aromatic rings. The Kier molecular flexibility index (Phi) is 3.89. The highest BCUT2D eigenvalue weighted by Gasteiger charge is 2.25. The predicted octanol–water partition coefficient (Wildman–Crippen LogP) is 2.94. The average Bonchev–Trinajstić information content (AvgIpc) is 2.72. The Hall–Kier alpha value is -0.810.